The smallest absolute Gasteiger partial charge is 0.234 e. The number of hydrogen-bond acceptors (Lipinski definition) is 7. The summed E-state index contributed by atoms with van der Waals surface area (Å²) in [4.78, 5) is 15.1. The van der Waals surface area contributed by atoms with Crippen molar-refractivity contribution in [3.05, 3.63) is 59.8 Å². The van der Waals surface area contributed by atoms with E-state index < -0.39 is 0 Å². The van der Waals surface area contributed by atoms with Gasteiger partial charge < -0.3 is 9.73 Å². The molecule has 1 aliphatic carbocycles. The van der Waals surface area contributed by atoms with Crippen molar-refractivity contribution < 1.29 is 9.21 Å². The van der Waals surface area contributed by atoms with E-state index in [9.17, 15) is 4.79 Å². The second-order valence-corrected chi connectivity index (χ2v) is 10.4. The molecule has 1 amide bonds. The summed E-state index contributed by atoms with van der Waals surface area (Å²) >= 11 is 3.44. The number of carbonyl (C=O) groups is 1. The normalized spacial score (nSPS) is 16.9. The molecule has 0 spiro atoms. The van der Waals surface area contributed by atoms with Crippen LogP contribution in [-0.4, -0.2) is 55.9 Å². The lowest BCUT2D eigenvalue weighted by molar-refractivity contribution is -0.113. The molecular weight excluding hydrogens is 442 g/mol. The first-order valence-electron chi connectivity index (χ1n) is 11.0. The molecule has 1 N–H and O–H groups in total. The first kappa shape index (κ1) is 21.6. The number of nitrogens with one attached hydrogen (secondary N) is 1. The van der Waals surface area contributed by atoms with Crippen molar-refractivity contribution in [1.29, 1.82) is 0 Å². The van der Waals surface area contributed by atoms with Gasteiger partial charge in [-0.3, -0.25) is 14.3 Å². The van der Waals surface area contributed by atoms with Crippen LogP contribution in [0.15, 0.2) is 52.2 Å². The summed E-state index contributed by atoms with van der Waals surface area (Å²) in [5.41, 5.74) is 2.07. The fourth-order valence-electron chi connectivity index (χ4n) is 3.85. The Balaban J connectivity index is 1.19. The molecule has 3 aromatic rings. The van der Waals surface area contributed by atoms with Gasteiger partial charge in [-0.25, -0.2) is 0 Å². The molecule has 1 aromatic carbocycles. The van der Waals surface area contributed by atoms with Crippen molar-refractivity contribution in [3.8, 4) is 0 Å². The number of furan rings is 1. The summed E-state index contributed by atoms with van der Waals surface area (Å²) in [5, 5.41) is 12.6. The lowest BCUT2D eigenvalue weighted by atomic mass is 10.2. The third-order valence-electron chi connectivity index (χ3n) is 5.63. The highest BCUT2D eigenvalue weighted by Gasteiger charge is 2.30. The molecule has 0 bridgehead atoms. The zero-order valence-corrected chi connectivity index (χ0v) is 19.5. The van der Waals surface area contributed by atoms with Gasteiger partial charge in [-0.2, -0.15) is 11.8 Å². The van der Waals surface area contributed by atoms with Crippen LogP contribution in [0.5, 0.6) is 0 Å². The number of carbonyl (C=O) groups excluding carboxylic acids is 1. The van der Waals surface area contributed by atoms with Gasteiger partial charge in [0.15, 0.2) is 5.16 Å². The summed E-state index contributed by atoms with van der Waals surface area (Å²) in [7, 11) is 0. The van der Waals surface area contributed by atoms with E-state index in [4.69, 9.17) is 4.42 Å². The Morgan fingerprint density at radius 2 is 2.03 bits per heavy atom. The van der Waals surface area contributed by atoms with Gasteiger partial charge in [0.25, 0.3) is 0 Å². The van der Waals surface area contributed by atoms with E-state index >= 15 is 0 Å². The molecule has 2 fully saturated rings. The summed E-state index contributed by atoms with van der Waals surface area (Å²) < 4.78 is 7.61. The molecule has 1 aliphatic heterocycles. The van der Waals surface area contributed by atoms with Gasteiger partial charge in [0.05, 0.1) is 18.6 Å². The number of rotatable bonds is 9. The predicted molar refractivity (Wildman–Crippen MR) is 128 cm³/mol. The number of nitrogens with zero attached hydrogens (tertiary/aromatic N) is 4. The molecule has 0 unspecified atom stereocenters. The minimum atomic E-state index is -0.0398. The Morgan fingerprint density at radius 3 is 2.81 bits per heavy atom. The average Bonchev–Trinajstić information content (AvgIpc) is 3.36. The molecule has 0 radical (unpaired) electrons. The average molecular weight is 470 g/mol. The highest BCUT2D eigenvalue weighted by atomic mass is 32.2. The zero-order valence-electron chi connectivity index (χ0n) is 17.9. The molecular formula is C23H27N5O2S2. The van der Waals surface area contributed by atoms with Crippen LogP contribution in [0.2, 0.25) is 0 Å². The molecule has 1 saturated heterocycles. The molecule has 0 atom stereocenters. The number of thioether (sulfide) groups is 2. The van der Waals surface area contributed by atoms with Crippen LogP contribution >= 0.6 is 23.5 Å². The minimum Gasteiger partial charge on any atom is -0.467 e. The fraction of sp³-hybridized carbons (Fsp3) is 0.435. The maximum atomic E-state index is 12.6. The quantitative estimate of drug-likeness (QED) is 0.473. The summed E-state index contributed by atoms with van der Waals surface area (Å²) in [6, 6.07) is 12.0. The SMILES string of the molecule is O=C(CSc1nnc(C2CC2)n1Cc1ccco1)Nc1cccc(CN2CCSCC2)c1. The van der Waals surface area contributed by atoms with Gasteiger partial charge in [-0.15, -0.1) is 10.2 Å². The van der Waals surface area contributed by atoms with Crippen molar-refractivity contribution >= 4 is 35.1 Å². The van der Waals surface area contributed by atoms with Gasteiger partial charge >= 0.3 is 0 Å². The van der Waals surface area contributed by atoms with Crippen LogP contribution < -0.4 is 5.32 Å². The number of anilines is 1. The van der Waals surface area contributed by atoms with E-state index in [1.165, 1.54) is 28.8 Å². The largest absolute Gasteiger partial charge is 0.467 e. The number of amides is 1. The van der Waals surface area contributed by atoms with E-state index in [2.05, 4.69) is 37.1 Å². The van der Waals surface area contributed by atoms with E-state index in [0.717, 1.165) is 54.9 Å². The summed E-state index contributed by atoms with van der Waals surface area (Å²) in [5.74, 6) is 4.97. The Labute approximate surface area is 196 Å². The van der Waals surface area contributed by atoms with E-state index in [0.29, 0.717) is 12.5 Å². The predicted octanol–water partition coefficient (Wildman–Crippen LogP) is 4.08. The second kappa shape index (κ2) is 10.1. The molecule has 9 heteroatoms. The Kier molecular flexibility index (Phi) is 6.85. The number of hydrogen-bond donors (Lipinski definition) is 1. The van der Waals surface area contributed by atoms with Crippen molar-refractivity contribution in [1.82, 2.24) is 19.7 Å². The van der Waals surface area contributed by atoms with Gasteiger partial charge in [-0.05, 0) is 42.7 Å². The van der Waals surface area contributed by atoms with Crippen LogP contribution in [0.4, 0.5) is 5.69 Å². The number of aromatic nitrogens is 3. The van der Waals surface area contributed by atoms with Crippen molar-refractivity contribution in [2.24, 2.45) is 0 Å². The Morgan fingerprint density at radius 1 is 1.16 bits per heavy atom. The summed E-state index contributed by atoms with van der Waals surface area (Å²) in [6.45, 7) is 3.77. The van der Waals surface area contributed by atoms with Gasteiger partial charge in [0.2, 0.25) is 5.91 Å². The summed E-state index contributed by atoms with van der Waals surface area (Å²) in [6.07, 6.45) is 3.97. The van der Waals surface area contributed by atoms with Crippen LogP contribution in [-0.2, 0) is 17.9 Å². The van der Waals surface area contributed by atoms with Gasteiger partial charge in [0.1, 0.15) is 11.6 Å². The second-order valence-electron chi connectivity index (χ2n) is 8.21. The Hall–Kier alpha value is -2.23. The maximum Gasteiger partial charge on any atom is 0.234 e. The third-order valence-corrected chi connectivity index (χ3v) is 7.54. The molecule has 168 valence electrons. The van der Waals surface area contributed by atoms with Gasteiger partial charge in [-0.1, -0.05) is 23.9 Å². The fourth-order valence-corrected chi connectivity index (χ4v) is 5.57. The molecule has 32 heavy (non-hydrogen) atoms. The van der Waals surface area contributed by atoms with Crippen LogP contribution in [0.25, 0.3) is 0 Å². The van der Waals surface area contributed by atoms with Crippen LogP contribution in [0, 0.1) is 0 Å². The van der Waals surface area contributed by atoms with E-state index in [1.807, 2.05) is 36.0 Å². The monoisotopic (exact) mass is 469 g/mol. The third kappa shape index (κ3) is 5.57. The number of benzene rings is 1. The van der Waals surface area contributed by atoms with Gasteiger partial charge in [0, 0.05) is 42.7 Å². The maximum absolute atomic E-state index is 12.6. The first-order chi connectivity index (χ1) is 15.7. The molecule has 7 nitrogen and oxygen atoms in total. The molecule has 5 rings (SSSR count). The van der Waals surface area contributed by atoms with E-state index in [1.54, 1.807) is 6.26 Å². The highest BCUT2D eigenvalue weighted by molar-refractivity contribution is 7.99. The van der Waals surface area contributed by atoms with Crippen molar-refractivity contribution in [2.45, 2.75) is 37.0 Å². The van der Waals surface area contributed by atoms with Crippen molar-refractivity contribution in [3.63, 3.8) is 0 Å². The highest BCUT2D eigenvalue weighted by Crippen LogP contribution is 2.40. The van der Waals surface area contributed by atoms with Crippen LogP contribution in [0.3, 0.4) is 0 Å². The molecule has 1 saturated carbocycles. The zero-order chi connectivity index (χ0) is 21.8. The van der Waals surface area contributed by atoms with Crippen LogP contribution in [0.1, 0.15) is 35.9 Å². The molecule has 2 aliphatic rings. The standard InChI is InChI=1S/C23H27N5O2S2/c29-21(24-19-4-1-3-17(13-19)14-27-8-11-31-12-9-27)16-32-23-26-25-22(18-6-7-18)28(23)15-20-5-2-10-30-20/h1-5,10,13,18H,6-9,11-12,14-16H2,(H,24,29). The van der Waals surface area contributed by atoms with E-state index in [-0.39, 0.29) is 11.7 Å². The lowest BCUT2D eigenvalue weighted by Gasteiger charge is -2.26. The lowest BCUT2D eigenvalue weighted by Crippen LogP contribution is -2.31. The first-order valence-corrected chi connectivity index (χ1v) is 13.2. The minimum absolute atomic E-state index is 0.0398. The topological polar surface area (TPSA) is 76.2 Å². The molecule has 3 heterocycles. The Bertz CT molecular complexity index is 1040. The van der Waals surface area contributed by atoms with Crippen molar-refractivity contribution in [2.75, 3.05) is 35.7 Å². The molecule has 2 aromatic heterocycles.